The molecule has 4 heterocycles. The maximum absolute atomic E-state index is 12.8. The zero-order valence-electron chi connectivity index (χ0n) is 16.2. The first-order valence-electron chi connectivity index (χ1n) is 9.19. The van der Waals surface area contributed by atoms with Gasteiger partial charge in [0.15, 0.2) is 0 Å². The smallest absolute Gasteiger partial charge is 0.337 e. The Hall–Kier alpha value is -3.20. The first kappa shape index (κ1) is 19.1. The van der Waals surface area contributed by atoms with Crippen LogP contribution in [0.4, 0.5) is 0 Å². The minimum atomic E-state index is -1.17. The van der Waals surface area contributed by atoms with Gasteiger partial charge in [-0.3, -0.25) is 13.9 Å². The molecule has 0 atom stereocenters. The zero-order valence-corrected chi connectivity index (χ0v) is 17.0. The van der Waals surface area contributed by atoms with Crippen molar-refractivity contribution < 1.29 is 9.90 Å². The molecular formula is C20H20N4O4S. The number of H-pyrrole nitrogens is 1. The van der Waals surface area contributed by atoms with Gasteiger partial charge in [0, 0.05) is 42.7 Å². The van der Waals surface area contributed by atoms with Crippen LogP contribution in [0.3, 0.4) is 0 Å². The van der Waals surface area contributed by atoms with Gasteiger partial charge in [-0.25, -0.2) is 14.6 Å². The Morgan fingerprint density at radius 2 is 2.10 bits per heavy atom. The maximum atomic E-state index is 12.8. The molecule has 0 saturated heterocycles. The Balaban J connectivity index is 2.01. The van der Waals surface area contributed by atoms with Gasteiger partial charge in [0.2, 0.25) is 0 Å². The fourth-order valence-electron chi connectivity index (χ4n) is 3.58. The van der Waals surface area contributed by atoms with E-state index in [0.717, 1.165) is 15.5 Å². The lowest BCUT2D eigenvalue weighted by Gasteiger charge is -2.11. The zero-order chi connectivity index (χ0) is 20.9. The fourth-order valence-corrected chi connectivity index (χ4v) is 4.89. The number of thiophene rings is 1. The number of carboxylic acid groups (broad SMARTS) is 1. The van der Waals surface area contributed by atoms with E-state index in [-0.39, 0.29) is 16.9 Å². The summed E-state index contributed by atoms with van der Waals surface area (Å²) in [5.41, 5.74) is 0.564. The molecule has 0 unspecified atom stereocenters. The highest BCUT2D eigenvalue weighted by Crippen LogP contribution is 2.32. The average Bonchev–Trinajstić information content (AvgIpc) is 3.25. The van der Waals surface area contributed by atoms with Crippen LogP contribution in [-0.2, 0) is 20.0 Å². The number of aromatic nitrogens is 4. The number of rotatable bonds is 5. The number of carbonyl (C=O) groups is 1. The van der Waals surface area contributed by atoms with Crippen LogP contribution in [-0.4, -0.2) is 30.2 Å². The number of nitrogens with zero attached hydrogens (tertiary/aromatic N) is 3. The van der Waals surface area contributed by atoms with E-state index in [4.69, 9.17) is 0 Å². The standard InChI is InChI=1S/C20H20N4O4S/c1-10(2)9-24-18-15(17(25)23(3)20(24)28)14(19(26)27)13(29-18)7-11-8-22-16-12(11)5-4-6-21-16/h4-6,8,10H,7,9H2,1-3H3,(H,21,22)(H,26,27). The quantitative estimate of drug-likeness (QED) is 0.524. The van der Waals surface area contributed by atoms with Crippen molar-refractivity contribution in [2.24, 2.45) is 13.0 Å². The van der Waals surface area contributed by atoms with Crippen LogP contribution < -0.4 is 11.2 Å². The van der Waals surface area contributed by atoms with Crippen molar-refractivity contribution in [2.75, 3.05) is 0 Å². The van der Waals surface area contributed by atoms with E-state index in [1.54, 1.807) is 12.4 Å². The first-order valence-corrected chi connectivity index (χ1v) is 10.0. The first-order chi connectivity index (χ1) is 13.8. The molecule has 0 radical (unpaired) electrons. The number of aromatic carboxylic acids is 1. The molecule has 4 rings (SSSR count). The summed E-state index contributed by atoms with van der Waals surface area (Å²) in [6, 6.07) is 3.73. The average molecular weight is 412 g/mol. The van der Waals surface area contributed by atoms with Crippen LogP contribution in [0.25, 0.3) is 21.3 Å². The highest BCUT2D eigenvalue weighted by atomic mass is 32.1. The summed E-state index contributed by atoms with van der Waals surface area (Å²) < 4.78 is 2.50. The summed E-state index contributed by atoms with van der Waals surface area (Å²) in [6.07, 6.45) is 3.80. The summed E-state index contributed by atoms with van der Waals surface area (Å²) >= 11 is 1.20. The van der Waals surface area contributed by atoms with Gasteiger partial charge in [0.05, 0.1) is 10.9 Å². The van der Waals surface area contributed by atoms with E-state index >= 15 is 0 Å². The SMILES string of the molecule is CC(C)Cn1c(=O)n(C)c(=O)c2c(C(=O)O)c(Cc3c[nH]c4ncccc34)sc21. The second-order valence-electron chi connectivity index (χ2n) is 7.43. The molecule has 0 aliphatic carbocycles. The molecule has 4 aromatic heterocycles. The van der Waals surface area contributed by atoms with Crippen LogP contribution in [0.2, 0.25) is 0 Å². The summed E-state index contributed by atoms with van der Waals surface area (Å²) in [5.74, 6) is -1.01. The normalized spacial score (nSPS) is 11.7. The van der Waals surface area contributed by atoms with Crippen molar-refractivity contribution in [1.29, 1.82) is 0 Å². The van der Waals surface area contributed by atoms with E-state index in [1.165, 1.54) is 23.0 Å². The van der Waals surface area contributed by atoms with Crippen LogP contribution in [0.1, 0.15) is 34.6 Å². The summed E-state index contributed by atoms with van der Waals surface area (Å²) in [4.78, 5) is 45.9. The molecule has 9 heteroatoms. The molecule has 0 amide bonds. The van der Waals surface area contributed by atoms with E-state index in [0.29, 0.717) is 28.3 Å². The second-order valence-corrected chi connectivity index (χ2v) is 8.51. The lowest BCUT2D eigenvalue weighted by molar-refractivity contribution is 0.0698. The number of fused-ring (bicyclic) bond motifs is 2. The summed E-state index contributed by atoms with van der Waals surface area (Å²) in [6.45, 7) is 4.34. The largest absolute Gasteiger partial charge is 0.478 e. The molecule has 0 aromatic carbocycles. The van der Waals surface area contributed by atoms with Crippen molar-refractivity contribution >= 4 is 38.6 Å². The van der Waals surface area contributed by atoms with Gasteiger partial charge in [0.25, 0.3) is 5.56 Å². The number of hydrogen-bond acceptors (Lipinski definition) is 5. The Morgan fingerprint density at radius 3 is 2.79 bits per heavy atom. The van der Waals surface area contributed by atoms with Gasteiger partial charge >= 0.3 is 11.7 Å². The third-order valence-electron chi connectivity index (χ3n) is 4.89. The number of aromatic amines is 1. The minimum absolute atomic E-state index is 0.0265. The Bertz CT molecular complexity index is 1370. The molecule has 0 aliphatic rings. The van der Waals surface area contributed by atoms with E-state index in [1.807, 2.05) is 26.0 Å². The van der Waals surface area contributed by atoms with Crippen LogP contribution in [0.5, 0.6) is 0 Å². The second kappa shape index (κ2) is 7.00. The highest BCUT2D eigenvalue weighted by Gasteiger charge is 2.26. The minimum Gasteiger partial charge on any atom is -0.478 e. The predicted octanol–water partition coefficient (Wildman–Crippen LogP) is 2.58. The monoisotopic (exact) mass is 412 g/mol. The molecule has 2 N–H and O–H groups in total. The van der Waals surface area contributed by atoms with Gasteiger partial charge in [-0.1, -0.05) is 13.8 Å². The maximum Gasteiger partial charge on any atom is 0.337 e. The number of hydrogen-bond donors (Lipinski definition) is 2. The van der Waals surface area contributed by atoms with Crippen molar-refractivity contribution in [1.82, 2.24) is 19.1 Å². The molecule has 0 fully saturated rings. The molecule has 4 aromatic rings. The molecule has 29 heavy (non-hydrogen) atoms. The van der Waals surface area contributed by atoms with Crippen LogP contribution >= 0.6 is 11.3 Å². The Morgan fingerprint density at radius 1 is 1.34 bits per heavy atom. The van der Waals surface area contributed by atoms with Crippen molar-refractivity contribution in [3.63, 3.8) is 0 Å². The van der Waals surface area contributed by atoms with Gasteiger partial charge in [-0.2, -0.15) is 0 Å². The van der Waals surface area contributed by atoms with E-state index in [9.17, 15) is 19.5 Å². The molecular weight excluding hydrogens is 392 g/mol. The molecule has 0 aliphatic heterocycles. The van der Waals surface area contributed by atoms with E-state index in [2.05, 4.69) is 9.97 Å². The van der Waals surface area contributed by atoms with Crippen LogP contribution in [0.15, 0.2) is 34.1 Å². The van der Waals surface area contributed by atoms with Gasteiger partial charge in [0.1, 0.15) is 10.5 Å². The van der Waals surface area contributed by atoms with Gasteiger partial charge in [-0.15, -0.1) is 11.3 Å². The van der Waals surface area contributed by atoms with Gasteiger partial charge in [-0.05, 0) is 23.6 Å². The Labute approximate surface area is 169 Å². The van der Waals surface area contributed by atoms with Gasteiger partial charge < -0.3 is 10.1 Å². The third-order valence-corrected chi connectivity index (χ3v) is 6.11. The number of nitrogens with one attached hydrogen (secondary N) is 1. The topological polar surface area (TPSA) is 110 Å². The molecule has 8 nitrogen and oxygen atoms in total. The molecule has 0 saturated carbocycles. The highest BCUT2D eigenvalue weighted by molar-refractivity contribution is 7.19. The Kier molecular flexibility index (Phi) is 4.62. The predicted molar refractivity (Wildman–Crippen MR) is 112 cm³/mol. The number of carboxylic acids is 1. The number of pyridine rings is 1. The third kappa shape index (κ3) is 3.07. The molecule has 150 valence electrons. The van der Waals surface area contributed by atoms with Crippen molar-refractivity contribution in [3.05, 3.63) is 61.4 Å². The van der Waals surface area contributed by atoms with Crippen molar-refractivity contribution in [3.8, 4) is 0 Å². The van der Waals surface area contributed by atoms with Crippen LogP contribution in [0, 0.1) is 5.92 Å². The molecule has 0 bridgehead atoms. The summed E-state index contributed by atoms with van der Waals surface area (Å²) in [7, 11) is 1.38. The lowest BCUT2D eigenvalue weighted by atomic mass is 10.1. The van der Waals surface area contributed by atoms with E-state index < -0.39 is 17.2 Å². The summed E-state index contributed by atoms with van der Waals surface area (Å²) in [5, 5.41) is 10.9. The fraction of sp³-hybridized carbons (Fsp3) is 0.300. The lowest BCUT2D eigenvalue weighted by Crippen LogP contribution is -2.38. The molecule has 0 spiro atoms. The van der Waals surface area contributed by atoms with Crippen molar-refractivity contribution in [2.45, 2.75) is 26.8 Å².